The monoisotopic (exact) mass is 589 g/mol. The Kier molecular flexibility index (Phi) is 17.1. The molecular weight excluding hydrogens is 537 g/mol. The molecule has 4 heteroatoms. The van der Waals surface area contributed by atoms with Gasteiger partial charge in [0.25, 0.3) is 0 Å². The molecule has 0 fully saturated rings. The summed E-state index contributed by atoms with van der Waals surface area (Å²) >= 11 is 0. The van der Waals surface area contributed by atoms with Gasteiger partial charge in [-0.1, -0.05) is 42.5 Å². The van der Waals surface area contributed by atoms with E-state index in [-0.39, 0.29) is 31.2 Å². The van der Waals surface area contributed by atoms with Crippen molar-refractivity contribution >= 4 is 49.6 Å². The first-order valence-corrected chi connectivity index (χ1v) is 17.0. The minimum absolute atomic E-state index is 0. The molecule has 3 aromatic carbocycles. The Bertz CT molecular complexity index is 998. The molecule has 0 spiro atoms. The summed E-state index contributed by atoms with van der Waals surface area (Å²) in [7, 11) is -1.47. The molecule has 3 aromatic rings. The average molecular weight is 589 g/mol. The van der Waals surface area contributed by atoms with Crippen molar-refractivity contribution in [1.29, 1.82) is 0 Å². The summed E-state index contributed by atoms with van der Waals surface area (Å²) in [6, 6.07) is 27.5. The van der Waals surface area contributed by atoms with E-state index in [0.717, 1.165) is 5.56 Å². The average Bonchev–Trinajstić information content (AvgIpc) is 2.83. The van der Waals surface area contributed by atoms with Gasteiger partial charge in [0, 0.05) is 15.8 Å². The van der Waals surface area contributed by atoms with Gasteiger partial charge in [-0.15, -0.1) is 12.1 Å². The van der Waals surface area contributed by atoms with Crippen LogP contribution in [0.2, 0.25) is 0 Å². The van der Waals surface area contributed by atoms with Crippen molar-refractivity contribution in [1.82, 2.24) is 0 Å². The molecule has 0 amide bonds. The van der Waals surface area contributed by atoms with Gasteiger partial charge in [0.1, 0.15) is 0 Å². The van der Waals surface area contributed by atoms with Crippen LogP contribution in [0.25, 0.3) is 0 Å². The van der Waals surface area contributed by atoms with Crippen LogP contribution in [-0.4, -0.2) is 29.3 Å². The molecule has 0 atom stereocenters. The Morgan fingerprint density at radius 1 is 0.526 bits per heavy atom. The molecule has 3 rings (SSSR count). The van der Waals surface area contributed by atoms with Crippen LogP contribution < -0.4 is 27.0 Å². The quantitative estimate of drug-likeness (QED) is 0.144. The van der Waals surface area contributed by atoms with Crippen LogP contribution in [0.3, 0.4) is 0 Å². The van der Waals surface area contributed by atoms with Crippen LogP contribution in [0.15, 0.2) is 72.8 Å². The van der Waals surface area contributed by atoms with E-state index in [1.807, 2.05) is 0 Å². The van der Waals surface area contributed by atoms with Crippen molar-refractivity contribution in [3.8, 4) is 0 Å². The molecule has 0 nitrogen and oxygen atoms in total. The Labute approximate surface area is 250 Å². The van der Waals surface area contributed by atoms with Crippen molar-refractivity contribution < 1.29 is 17.1 Å². The van der Waals surface area contributed by atoms with E-state index >= 15 is 0 Å². The Hall–Kier alpha value is -1.03. The molecule has 0 aromatic heterocycles. The van der Waals surface area contributed by atoms with Crippen LogP contribution >= 0.6 is 15.8 Å². The van der Waals surface area contributed by atoms with E-state index in [0.29, 0.717) is 22.6 Å². The van der Waals surface area contributed by atoms with Gasteiger partial charge in [0.2, 0.25) is 0 Å². The number of hydrogen-bond donors (Lipinski definition) is 0. The van der Waals surface area contributed by atoms with Gasteiger partial charge in [-0.3, -0.25) is 0 Å². The molecule has 0 saturated carbocycles. The first-order chi connectivity index (χ1) is 17.1. The fraction of sp³-hybridized carbons (Fsp3) is 0.382. The first-order valence-electron chi connectivity index (χ1n) is 13.7. The molecule has 0 unspecified atom stereocenters. The van der Waals surface area contributed by atoms with Gasteiger partial charge in [-0.25, -0.2) is 0 Å². The standard InChI is InChI=1S/C31H42BP2.C2H5.CH3.Fe/c1-22(2)33(23(3)4)30-20-14-12-18-28(30)32(27-17-11-10-16-26(27)9)29-19-13-15-21-31(29)34(24(5)6)25(7)8;1-2;;/h10-25H,9H2,1-8H3;1H2,2H3;1H3;/q3*-1;+2/p+2. The van der Waals surface area contributed by atoms with Gasteiger partial charge in [-0.2, -0.15) is 30.9 Å². The van der Waals surface area contributed by atoms with Crippen LogP contribution in [0.5, 0.6) is 0 Å². The number of hydrogen-bond acceptors (Lipinski definition) is 0. The summed E-state index contributed by atoms with van der Waals surface area (Å²) in [6.07, 6.45) is 0. The zero-order chi connectivity index (χ0) is 27.0. The van der Waals surface area contributed by atoms with Gasteiger partial charge < -0.3 is 14.4 Å². The second-order valence-corrected chi connectivity index (χ2v) is 18.4. The smallest absolute Gasteiger partial charge is 0.358 e. The zero-order valence-electron chi connectivity index (χ0n) is 25.6. The van der Waals surface area contributed by atoms with E-state index in [2.05, 4.69) is 142 Å². The second-order valence-electron chi connectivity index (χ2n) is 10.8. The Morgan fingerprint density at radius 3 is 1.13 bits per heavy atom. The van der Waals surface area contributed by atoms with Gasteiger partial charge in [-0.05, 0) is 78.4 Å². The predicted molar refractivity (Wildman–Crippen MR) is 182 cm³/mol. The minimum Gasteiger partial charge on any atom is -0.358 e. The fourth-order valence-corrected chi connectivity index (χ4v) is 12.8. The maximum atomic E-state index is 4.50. The largest absolute Gasteiger partial charge is 2.00 e. The molecule has 0 aliphatic rings. The maximum Gasteiger partial charge on any atom is 2.00 e. The number of benzene rings is 3. The summed E-state index contributed by atoms with van der Waals surface area (Å²) in [5, 5.41) is 3.20. The van der Waals surface area contributed by atoms with E-state index < -0.39 is 15.8 Å². The first kappa shape index (κ1) is 37.0. The van der Waals surface area contributed by atoms with E-state index in [9.17, 15) is 0 Å². The van der Waals surface area contributed by atoms with Crippen LogP contribution in [0, 0.1) is 21.3 Å². The van der Waals surface area contributed by atoms with Gasteiger partial charge in [0.15, 0.2) is 6.71 Å². The molecule has 0 aliphatic carbocycles. The molecule has 38 heavy (non-hydrogen) atoms. The molecule has 0 bridgehead atoms. The van der Waals surface area contributed by atoms with Crippen molar-refractivity contribution in [3.63, 3.8) is 0 Å². The van der Waals surface area contributed by atoms with Crippen LogP contribution in [0.1, 0.15) is 67.9 Å². The van der Waals surface area contributed by atoms with E-state index in [1.165, 1.54) is 16.4 Å². The third-order valence-electron chi connectivity index (χ3n) is 7.02. The van der Waals surface area contributed by atoms with Crippen molar-refractivity contribution in [2.24, 2.45) is 0 Å². The van der Waals surface area contributed by atoms with Crippen molar-refractivity contribution in [2.75, 3.05) is 0 Å². The van der Waals surface area contributed by atoms with E-state index in [4.69, 9.17) is 0 Å². The number of rotatable bonds is 9. The summed E-state index contributed by atoms with van der Waals surface area (Å²) < 4.78 is 0. The van der Waals surface area contributed by atoms with Gasteiger partial charge in [0.05, 0.1) is 33.2 Å². The SMILES string of the molecule is [CH2-]C.[CH2-]c1ccccc1B(c1ccccc1[PH+](C(C)C)C(C)C)c1ccccc1[PH+](C(C)C)C(C)C.[CH3-].[Fe+2]. The molecule has 0 saturated heterocycles. The summed E-state index contributed by atoms with van der Waals surface area (Å²) in [5.41, 5.74) is 8.22. The fourth-order valence-electron chi connectivity index (χ4n) is 5.92. The third kappa shape index (κ3) is 8.74. The molecular formula is C34H52BFeP2+. The maximum absolute atomic E-state index is 4.50. The van der Waals surface area contributed by atoms with Crippen molar-refractivity contribution in [2.45, 2.75) is 84.9 Å². The second kappa shape index (κ2) is 17.6. The summed E-state index contributed by atoms with van der Waals surface area (Å²) in [5.74, 6) is 0. The zero-order valence-corrected chi connectivity index (χ0v) is 28.7. The van der Waals surface area contributed by atoms with Crippen LogP contribution in [-0.2, 0) is 17.1 Å². The van der Waals surface area contributed by atoms with Crippen molar-refractivity contribution in [3.05, 3.63) is 99.6 Å². The molecule has 0 heterocycles. The summed E-state index contributed by atoms with van der Waals surface area (Å²) in [4.78, 5) is 0. The normalized spacial score (nSPS) is 10.9. The molecule has 0 N–H and O–H groups in total. The molecule has 0 aliphatic heterocycles. The molecule has 0 radical (unpaired) electrons. The Balaban J connectivity index is 0.00000334. The summed E-state index contributed by atoms with van der Waals surface area (Å²) in [6.45, 7) is 29.1. The van der Waals surface area contributed by atoms with E-state index in [1.54, 1.807) is 17.5 Å². The van der Waals surface area contributed by atoms with Gasteiger partial charge >= 0.3 is 17.1 Å². The molecule has 208 valence electrons. The topological polar surface area (TPSA) is 0 Å². The van der Waals surface area contributed by atoms with Crippen LogP contribution in [0.4, 0.5) is 0 Å². The predicted octanol–water partition coefficient (Wildman–Crippen LogP) is 6.99. The third-order valence-corrected chi connectivity index (χ3v) is 14.2. The Morgan fingerprint density at radius 2 is 0.816 bits per heavy atom. The minimum atomic E-state index is -0.734.